The predicted molar refractivity (Wildman–Crippen MR) is 80.4 cm³/mol. The largest absolute Gasteiger partial charge is 0.339 e. The second-order valence-corrected chi connectivity index (χ2v) is 7.79. The molecule has 1 aromatic rings. The first-order valence-electron chi connectivity index (χ1n) is 6.97. The molecule has 0 saturated carbocycles. The van der Waals surface area contributed by atoms with Gasteiger partial charge < -0.3 is 4.90 Å². The molecule has 0 spiro atoms. The van der Waals surface area contributed by atoms with Crippen molar-refractivity contribution in [2.24, 2.45) is 0 Å². The van der Waals surface area contributed by atoms with Gasteiger partial charge >= 0.3 is 0 Å². The molecule has 1 fully saturated rings. The summed E-state index contributed by atoms with van der Waals surface area (Å²) in [5.74, 6) is -0.291. The third-order valence-corrected chi connectivity index (χ3v) is 5.32. The highest BCUT2D eigenvalue weighted by Gasteiger charge is 2.30. The second kappa shape index (κ2) is 6.53. The Morgan fingerprint density at radius 2 is 1.81 bits per heavy atom. The molecule has 0 radical (unpaired) electrons. The average molecular weight is 311 g/mol. The molecule has 0 N–H and O–H groups in total. The van der Waals surface area contributed by atoms with Crippen molar-refractivity contribution in [2.45, 2.75) is 18.7 Å². The standard InChI is InChI=1S/C14H21N3O3S/c1-12(21(2,19)20)14(18)17-9-7-16(8-10-17)11-13-3-5-15-6-4-13/h3-6,12H,7-11H2,1-2H3/t12-/m0/s1. The Morgan fingerprint density at radius 3 is 2.33 bits per heavy atom. The minimum absolute atomic E-state index is 0.291. The van der Waals surface area contributed by atoms with Gasteiger partial charge in [0.25, 0.3) is 0 Å². The zero-order valence-corrected chi connectivity index (χ0v) is 13.2. The summed E-state index contributed by atoms with van der Waals surface area (Å²) < 4.78 is 22.9. The van der Waals surface area contributed by atoms with Gasteiger partial charge in [-0.1, -0.05) is 0 Å². The van der Waals surface area contributed by atoms with Gasteiger partial charge in [0.1, 0.15) is 5.25 Å². The van der Waals surface area contributed by atoms with Gasteiger partial charge in [-0.15, -0.1) is 0 Å². The van der Waals surface area contributed by atoms with Crippen molar-refractivity contribution >= 4 is 15.7 Å². The molecule has 116 valence electrons. The molecule has 1 saturated heterocycles. The minimum atomic E-state index is -3.33. The molecule has 6 nitrogen and oxygen atoms in total. The summed E-state index contributed by atoms with van der Waals surface area (Å²) in [6, 6.07) is 3.95. The highest BCUT2D eigenvalue weighted by Crippen LogP contribution is 2.11. The molecule has 1 aromatic heterocycles. The summed E-state index contributed by atoms with van der Waals surface area (Å²) in [7, 11) is -3.33. The van der Waals surface area contributed by atoms with Gasteiger partial charge in [0.2, 0.25) is 5.91 Å². The number of carbonyl (C=O) groups excluding carboxylic acids is 1. The second-order valence-electron chi connectivity index (χ2n) is 5.43. The van der Waals surface area contributed by atoms with Crippen LogP contribution in [0.4, 0.5) is 0 Å². The number of carbonyl (C=O) groups is 1. The van der Waals surface area contributed by atoms with Crippen molar-refractivity contribution in [2.75, 3.05) is 32.4 Å². The van der Waals surface area contributed by atoms with Gasteiger partial charge in [0.05, 0.1) is 0 Å². The van der Waals surface area contributed by atoms with E-state index in [4.69, 9.17) is 0 Å². The molecule has 21 heavy (non-hydrogen) atoms. The normalized spacial score (nSPS) is 18.5. The van der Waals surface area contributed by atoms with Crippen molar-refractivity contribution in [3.63, 3.8) is 0 Å². The van der Waals surface area contributed by atoms with E-state index in [1.807, 2.05) is 12.1 Å². The van der Waals surface area contributed by atoms with Gasteiger partial charge in [0, 0.05) is 51.4 Å². The van der Waals surface area contributed by atoms with E-state index in [0.717, 1.165) is 25.9 Å². The van der Waals surface area contributed by atoms with E-state index in [1.165, 1.54) is 12.5 Å². The SMILES string of the molecule is C[C@@H](C(=O)N1CCN(Cc2ccncc2)CC1)S(C)(=O)=O. The Kier molecular flexibility index (Phi) is 4.95. The Hall–Kier alpha value is -1.47. The van der Waals surface area contributed by atoms with Gasteiger partial charge in [-0.05, 0) is 24.6 Å². The molecule has 0 unspecified atom stereocenters. The number of rotatable bonds is 4. The zero-order chi connectivity index (χ0) is 15.5. The summed E-state index contributed by atoms with van der Waals surface area (Å²) in [5, 5.41) is -0.954. The molecule has 1 aliphatic rings. The average Bonchev–Trinajstić information content (AvgIpc) is 2.46. The third-order valence-electron chi connectivity index (χ3n) is 3.83. The van der Waals surface area contributed by atoms with Crippen molar-refractivity contribution in [1.82, 2.24) is 14.8 Å². The number of aromatic nitrogens is 1. The first-order chi connectivity index (χ1) is 9.88. The molecular formula is C14H21N3O3S. The van der Waals surface area contributed by atoms with Crippen LogP contribution in [0, 0.1) is 0 Å². The van der Waals surface area contributed by atoms with Crippen molar-refractivity contribution < 1.29 is 13.2 Å². The molecule has 2 heterocycles. The van der Waals surface area contributed by atoms with Crippen LogP contribution >= 0.6 is 0 Å². The van der Waals surface area contributed by atoms with Crippen LogP contribution in [0.3, 0.4) is 0 Å². The number of nitrogens with zero attached hydrogens (tertiary/aromatic N) is 3. The van der Waals surface area contributed by atoms with Crippen LogP contribution in [-0.4, -0.2) is 66.8 Å². The van der Waals surface area contributed by atoms with Gasteiger partial charge in [-0.3, -0.25) is 14.7 Å². The lowest BCUT2D eigenvalue weighted by molar-refractivity contribution is -0.132. The van der Waals surface area contributed by atoms with Crippen molar-refractivity contribution in [3.8, 4) is 0 Å². The smallest absolute Gasteiger partial charge is 0.240 e. The third kappa shape index (κ3) is 4.25. The lowest BCUT2D eigenvalue weighted by Gasteiger charge is -2.35. The van der Waals surface area contributed by atoms with E-state index >= 15 is 0 Å². The van der Waals surface area contributed by atoms with E-state index in [2.05, 4.69) is 9.88 Å². The molecule has 2 rings (SSSR count). The summed E-state index contributed by atoms with van der Waals surface area (Å²) in [6.07, 6.45) is 4.64. The van der Waals surface area contributed by atoms with Crippen LogP contribution in [0.5, 0.6) is 0 Å². The summed E-state index contributed by atoms with van der Waals surface area (Å²) in [5.41, 5.74) is 1.19. The molecule has 0 aliphatic carbocycles. The number of amides is 1. The Morgan fingerprint density at radius 1 is 1.24 bits per heavy atom. The van der Waals surface area contributed by atoms with Crippen LogP contribution in [0.25, 0.3) is 0 Å². The molecule has 0 bridgehead atoms. The fourth-order valence-corrected chi connectivity index (χ4v) is 2.83. The molecule has 1 aliphatic heterocycles. The first kappa shape index (κ1) is 15.9. The lowest BCUT2D eigenvalue weighted by atomic mass is 10.2. The van der Waals surface area contributed by atoms with Crippen molar-refractivity contribution in [1.29, 1.82) is 0 Å². The highest BCUT2D eigenvalue weighted by atomic mass is 32.2. The number of hydrogen-bond donors (Lipinski definition) is 0. The van der Waals surface area contributed by atoms with Crippen molar-refractivity contribution in [3.05, 3.63) is 30.1 Å². The van der Waals surface area contributed by atoms with Crippen LogP contribution in [0.2, 0.25) is 0 Å². The van der Waals surface area contributed by atoms with Gasteiger partial charge in [-0.25, -0.2) is 8.42 Å². The number of sulfone groups is 1. The van der Waals surface area contributed by atoms with Gasteiger partial charge in [-0.2, -0.15) is 0 Å². The fourth-order valence-electron chi connectivity index (χ4n) is 2.31. The maximum Gasteiger partial charge on any atom is 0.240 e. The van der Waals surface area contributed by atoms with E-state index in [9.17, 15) is 13.2 Å². The molecule has 7 heteroatoms. The maximum absolute atomic E-state index is 12.1. The Balaban J connectivity index is 1.87. The highest BCUT2D eigenvalue weighted by molar-refractivity contribution is 7.92. The number of piperazine rings is 1. The van der Waals surface area contributed by atoms with E-state index in [0.29, 0.717) is 13.1 Å². The zero-order valence-electron chi connectivity index (χ0n) is 12.4. The molecule has 0 aromatic carbocycles. The fraction of sp³-hybridized carbons (Fsp3) is 0.571. The van der Waals surface area contributed by atoms with Crippen LogP contribution in [0.15, 0.2) is 24.5 Å². The van der Waals surface area contributed by atoms with Crippen LogP contribution < -0.4 is 0 Å². The number of pyridine rings is 1. The lowest BCUT2D eigenvalue weighted by Crippen LogP contribution is -2.51. The van der Waals surface area contributed by atoms with E-state index in [-0.39, 0.29) is 5.91 Å². The molecule has 1 amide bonds. The summed E-state index contributed by atoms with van der Waals surface area (Å²) >= 11 is 0. The monoisotopic (exact) mass is 311 g/mol. The van der Waals surface area contributed by atoms with Crippen LogP contribution in [-0.2, 0) is 21.2 Å². The van der Waals surface area contributed by atoms with E-state index in [1.54, 1.807) is 17.3 Å². The van der Waals surface area contributed by atoms with Gasteiger partial charge in [0.15, 0.2) is 9.84 Å². The Labute approximate surface area is 125 Å². The minimum Gasteiger partial charge on any atom is -0.339 e. The summed E-state index contributed by atoms with van der Waals surface area (Å²) in [6.45, 7) is 4.94. The molecule has 1 atom stereocenters. The summed E-state index contributed by atoms with van der Waals surface area (Å²) in [4.78, 5) is 20.0. The quantitative estimate of drug-likeness (QED) is 0.792. The predicted octanol–water partition coefficient (Wildman–Crippen LogP) is 0.159. The topological polar surface area (TPSA) is 70.6 Å². The number of hydrogen-bond acceptors (Lipinski definition) is 5. The Bertz CT molecular complexity index is 581. The molecular weight excluding hydrogens is 290 g/mol. The first-order valence-corrected chi connectivity index (χ1v) is 8.92. The van der Waals surface area contributed by atoms with E-state index < -0.39 is 15.1 Å². The maximum atomic E-state index is 12.1. The van der Waals surface area contributed by atoms with Crippen LogP contribution in [0.1, 0.15) is 12.5 Å².